The van der Waals surface area contributed by atoms with E-state index in [-0.39, 0.29) is 50.8 Å². The van der Waals surface area contributed by atoms with Gasteiger partial charge in [0.1, 0.15) is 23.0 Å². The maximum atomic E-state index is 13.4. The second-order valence-corrected chi connectivity index (χ2v) is 7.53. The summed E-state index contributed by atoms with van der Waals surface area (Å²) in [5, 5.41) is 41.0. The Balaban J connectivity index is 2.01. The molecule has 0 aliphatic heterocycles. The van der Waals surface area contributed by atoms with E-state index < -0.39 is 17.1 Å². The molecule has 1 aromatic heterocycles. The molecule has 1 unspecified atom stereocenters. The smallest absolute Gasteiger partial charge is 0.204 e. The van der Waals surface area contributed by atoms with Crippen LogP contribution in [-0.2, 0) is 0 Å². The highest BCUT2D eigenvalue weighted by Gasteiger charge is 2.28. The fourth-order valence-electron chi connectivity index (χ4n) is 3.90. The van der Waals surface area contributed by atoms with E-state index in [2.05, 4.69) is 0 Å². The number of rotatable bonds is 5. The molecule has 4 N–H and O–H groups in total. The average Bonchev–Trinajstić information content (AvgIpc) is 2.80. The first-order valence-corrected chi connectivity index (χ1v) is 10.0. The van der Waals surface area contributed by atoms with Gasteiger partial charge in [-0.3, -0.25) is 4.79 Å². The number of hydrogen-bond acceptors (Lipinski definition) is 8. The number of phenols is 4. The minimum Gasteiger partial charge on any atom is -0.508 e. The van der Waals surface area contributed by atoms with Gasteiger partial charge in [-0.15, -0.1) is 0 Å². The quantitative estimate of drug-likeness (QED) is 0.351. The molecule has 0 spiro atoms. The molecular formula is C25H22O8. The maximum Gasteiger partial charge on any atom is 0.204 e. The van der Waals surface area contributed by atoms with Crippen LogP contribution in [0.1, 0.15) is 24.0 Å². The van der Waals surface area contributed by atoms with Crippen LogP contribution in [-0.4, -0.2) is 34.6 Å². The molecule has 0 bridgehead atoms. The Morgan fingerprint density at radius 3 is 2.24 bits per heavy atom. The standard InChI is InChI=1S/C25H22O8/c1-12(14-6-9-17(27)18(10-14)31-2)19-22(29)25(32-3)23(30)20-21(28)16(11-33-24(19)20)13-4-7-15(26)8-5-13/h4-12,26-27,29-30H,1-3H3. The van der Waals surface area contributed by atoms with Gasteiger partial charge in [0, 0.05) is 11.5 Å². The van der Waals surface area contributed by atoms with Gasteiger partial charge in [0.2, 0.25) is 11.2 Å². The highest BCUT2D eigenvalue weighted by Crippen LogP contribution is 2.49. The number of hydrogen-bond donors (Lipinski definition) is 4. The third-order valence-electron chi connectivity index (χ3n) is 5.68. The van der Waals surface area contributed by atoms with E-state index in [1.807, 2.05) is 0 Å². The Kier molecular flexibility index (Phi) is 5.51. The fourth-order valence-corrected chi connectivity index (χ4v) is 3.90. The molecule has 0 fully saturated rings. The van der Waals surface area contributed by atoms with Crippen molar-refractivity contribution < 1.29 is 34.3 Å². The van der Waals surface area contributed by atoms with Gasteiger partial charge in [-0.05, 0) is 35.4 Å². The van der Waals surface area contributed by atoms with Gasteiger partial charge in [0.05, 0.1) is 19.8 Å². The molecule has 0 saturated carbocycles. The van der Waals surface area contributed by atoms with Crippen molar-refractivity contribution in [1.82, 2.24) is 0 Å². The predicted molar refractivity (Wildman–Crippen MR) is 122 cm³/mol. The zero-order valence-electron chi connectivity index (χ0n) is 18.1. The van der Waals surface area contributed by atoms with Gasteiger partial charge in [0.25, 0.3) is 0 Å². The summed E-state index contributed by atoms with van der Waals surface area (Å²) in [6.45, 7) is 1.77. The molecule has 0 aliphatic rings. The summed E-state index contributed by atoms with van der Waals surface area (Å²) < 4.78 is 16.2. The molecule has 0 radical (unpaired) electrons. The number of fused-ring (bicyclic) bond motifs is 1. The van der Waals surface area contributed by atoms with E-state index >= 15 is 0 Å². The molecule has 1 heterocycles. The Labute approximate surface area is 188 Å². The third-order valence-corrected chi connectivity index (χ3v) is 5.68. The van der Waals surface area contributed by atoms with Gasteiger partial charge in [-0.25, -0.2) is 0 Å². The van der Waals surface area contributed by atoms with Crippen molar-refractivity contribution in [3.8, 4) is 45.6 Å². The molecular weight excluding hydrogens is 428 g/mol. The summed E-state index contributed by atoms with van der Waals surface area (Å²) in [4.78, 5) is 13.4. The van der Waals surface area contributed by atoms with Gasteiger partial charge in [-0.1, -0.05) is 25.1 Å². The first-order chi connectivity index (χ1) is 15.8. The summed E-state index contributed by atoms with van der Waals surface area (Å²) in [6.07, 6.45) is 1.25. The zero-order chi connectivity index (χ0) is 23.9. The van der Waals surface area contributed by atoms with Crippen LogP contribution in [0.4, 0.5) is 0 Å². The third kappa shape index (κ3) is 3.55. The first-order valence-electron chi connectivity index (χ1n) is 10.0. The number of ether oxygens (including phenoxy) is 2. The van der Waals surface area contributed by atoms with E-state index in [9.17, 15) is 25.2 Å². The minimum absolute atomic E-state index is 0.00197. The molecule has 33 heavy (non-hydrogen) atoms. The van der Waals surface area contributed by atoms with E-state index in [4.69, 9.17) is 13.9 Å². The van der Waals surface area contributed by atoms with E-state index in [0.29, 0.717) is 11.1 Å². The highest BCUT2D eigenvalue weighted by atomic mass is 16.5. The van der Waals surface area contributed by atoms with Gasteiger partial charge in [-0.2, -0.15) is 0 Å². The first kappa shape index (κ1) is 21.9. The monoisotopic (exact) mass is 450 g/mol. The van der Waals surface area contributed by atoms with Crippen molar-refractivity contribution in [3.05, 3.63) is 70.1 Å². The summed E-state index contributed by atoms with van der Waals surface area (Å²) in [6, 6.07) is 10.7. The SMILES string of the molecule is COc1cc(C(C)c2c(O)c(OC)c(O)c3c(=O)c(-c4ccc(O)cc4)coc23)ccc1O. The zero-order valence-corrected chi connectivity index (χ0v) is 18.1. The van der Waals surface area contributed by atoms with Gasteiger partial charge >= 0.3 is 0 Å². The fraction of sp³-hybridized carbons (Fsp3) is 0.160. The summed E-state index contributed by atoms with van der Waals surface area (Å²) >= 11 is 0. The normalized spacial score (nSPS) is 12.0. The lowest BCUT2D eigenvalue weighted by Crippen LogP contribution is -2.09. The largest absolute Gasteiger partial charge is 0.508 e. The van der Waals surface area contributed by atoms with E-state index in [0.717, 1.165) is 0 Å². The molecule has 3 aromatic carbocycles. The Bertz CT molecular complexity index is 1400. The average molecular weight is 450 g/mol. The molecule has 0 aliphatic carbocycles. The van der Waals surface area contributed by atoms with Crippen LogP contribution >= 0.6 is 0 Å². The second-order valence-electron chi connectivity index (χ2n) is 7.53. The minimum atomic E-state index is -0.543. The lowest BCUT2D eigenvalue weighted by atomic mass is 9.89. The van der Waals surface area contributed by atoms with Crippen LogP contribution < -0.4 is 14.9 Å². The lowest BCUT2D eigenvalue weighted by Gasteiger charge is -2.20. The Morgan fingerprint density at radius 2 is 1.61 bits per heavy atom. The van der Waals surface area contributed by atoms with Crippen LogP contribution in [0.2, 0.25) is 0 Å². The van der Waals surface area contributed by atoms with Crippen molar-refractivity contribution in [2.24, 2.45) is 0 Å². The molecule has 170 valence electrons. The molecule has 4 rings (SSSR count). The van der Waals surface area contributed by atoms with Gasteiger partial charge in [0.15, 0.2) is 23.0 Å². The second kappa shape index (κ2) is 8.31. The molecule has 8 nitrogen and oxygen atoms in total. The van der Waals surface area contributed by atoms with Gasteiger partial charge < -0.3 is 34.3 Å². The highest BCUT2D eigenvalue weighted by molar-refractivity contribution is 5.94. The topological polar surface area (TPSA) is 130 Å². The number of methoxy groups -OCH3 is 2. The van der Waals surface area contributed by atoms with E-state index in [1.54, 1.807) is 31.2 Å². The molecule has 1 atom stereocenters. The lowest BCUT2D eigenvalue weighted by molar-refractivity contribution is 0.343. The van der Waals surface area contributed by atoms with Crippen molar-refractivity contribution in [2.75, 3.05) is 14.2 Å². The molecule has 4 aromatic rings. The van der Waals surface area contributed by atoms with Crippen LogP contribution in [0.15, 0.2) is 57.9 Å². The predicted octanol–water partition coefficient (Wildman–Crippen LogP) is 4.45. The van der Waals surface area contributed by atoms with Crippen molar-refractivity contribution in [2.45, 2.75) is 12.8 Å². The molecule has 0 amide bonds. The Morgan fingerprint density at radius 1 is 0.909 bits per heavy atom. The molecule has 8 heteroatoms. The number of benzene rings is 3. The van der Waals surface area contributed by atoms with E-state index in [1.165, 1.54) is 38.7 Å². The number of aromatic hydroxyl groups is 4. The van der Waals surface area contributed by atoms with Crippen molar-refractivity contribution >= 4 is 11.0 Å². The van der Waals surface area contributed by atoms with Crippen LogP contribution in [0.3, 0.4) is 0 Å². The Hall–Kier alpha value is -4.33. The summed E-state index contributed by atoms with van der Waals surface area (Å²) in [7, 11) is 2.69. The summed E-state index contributed by atoms with van der Waals surface area (Å²) in [5.41, 5.74) is 0.983. The summed E-state index contributed by atoms with van der Waals surface area (Å²) in [5.74, 6) is -1.48. The number of phenolic OH excluding ortho intramolecular Hbond substituents is 4. The van der Waals surface area contributed by atoms with Crippen LogP contribution in [0, 0.1) is 0 Å². The van der Waals surface area contributed by atoms with Crippen molar-refractivity contribution in [1.29, 1.82) is 0 Å². The maximum absolute atomic E-state index is 13.4. The van der Waals surface area contributed by atoms with Crippen LogP contribution in [0.25, 0.3) is 22.1 Å². The van der Waals surface area contributed by atoms with Crippen LogP contribution in [0.5, 0.6) is 34.5 Å². The molecule has 0 saturated heterocycles. The van der Waals surface area contributed by atoms with Crippen molar-refractivity contribution in [3.63, 3.8) is 0 Å².